The van der Waals surface area contributed by atoms with E-state index in [0.29, 0.717) is 0 Å². The Morgan fingerprint density at radius 3 is 1.68 bits per heavy atom. The number of para-hydroxylation sites is 4. The van der Waals surface area contributed by atoms with Crippen LogP contribution in [0.4, 0.5) is 0 Å². The van der Waals surface area contributed by atoms with E-state index in [2.05, 4.69) is 185 Å². The summed E-state index contributed by atoms with van der Waals surface area (Å²) in [4.78, 5) is 0. The fourth-order valence-electron chi connectivity index (χ4n) is 11.0. The molecule has 0 N–H and O–H groups in total. The quantitative estimate of drug-likeness (QED) is 0.161. The highest BCUT2D eigenvalue weighted by atomic mass is 16.3. The monoisotopic (exact) mass is 774 g/mol. The molecule has 0 fully saturated rings. The highest BCUT2D eigenvalue weighted by Crippen LogP contribution is 2.52. The highest BCUT2D eigenvalue weighted by molar-refractivity contribution is 6.10. The maximum Gasteiger partial charge on any atom is 0.143 e. The van der Waals surface area contributed by atoms with Gasteiger partial charge in [-0.05, 0) is 110 Å². The lowest BCUT2D eigenvalue weighted by Gasteiger charge is -2.24. The van der Waals surface area contributed by atoms with Crippen LogP contribution in [0.2, 0.25) is 0 Å². The van der Waals surface area contributed by atoms with Gasteiger partial charge in [0.1, 0.15) is 22.3 Å². The molecule has 0 saturated heterocycles. The summed E-state index contributed by atoms with van der Waals surface area (Å²) < 4.78 is 13.2. The smallest absolute Gasteiger partial charge is 0.143 e. The third-order valence-corrected chi connectivity index (χ3v) is 14.2. The predicted octanol–water partition coefficient (Wildman–Crippen LogP) is 15.7. The average molecular weight is 775 g/mol. The number of hydrogen-bond donors (Lipinski definition) is 0. The molecule has 60 heavy (non-hydrogen) atoms. The molecular weight excluding hydrogens is 729 g/mol. The molecule has 0 bridgehead atoms. The number of fused-ring (bicyclic) bond motifs is 12. The van der Waals surface area contributed by atoms with Crippen molar-refractivity contribution in [2.75, 3.05) is 0 Å². The van der Waals surface area contributed by atoms with Gasteiger partial charge in [0.15, 0.2) is 0 Å². The van der Waals surface area contributed by atoms with E-state index in [1.807, 2.05) is 6.07 Å². The molecule has 2 aliphatic carbocycles. The first kappa shape index (κ1) is 35.3. The average Bonchev–Trinajstić information content (AvgIpc) is 3.98. The van der Waals surface area contributed by atoms with Crippen molar-refractivity contribution in [3.05, 3.63) is 203 Å². The van der Waals surface area contributed by atoms with E-state index in [0.717, 1.165) is 57.9 Å². The lowest BCUT2D eigenvalue weighted by molar-refractivity contribution is 0.598. The second-order valence-corrected chi connectivity index (χ2v) is 18.4. The van der Waals surface area contributed by atoms with Gasteiger partial charge in [-0.2, -0.15) is 0 Å². The summed E-state index contributed by atoms with van der Waals surface area (Å²) >= 11 is 0. The van der Waals surface area contributed by atoms with Crippen molar-refractivity contribution in [1.29, 1.82) is 0 Å². The van der Waals surface area contributed by atoms with Crippen LogP contribution in [-0.2, 0) is 23.7 Å². The molecule has 2 heteroatoms. The molecule has 0 amide bonds. The fourth-order valence-corrected chi connectivity index (χ4v) is 11.0. The molecule has 290 valence electrons. The third-order valence-electron chi connectivity index (χ3n) is 14.2. The summed E-state index contributed by atoms with van der Waals surface area (Å²) in [5.41, 5.74) is 21.1. The van der Waals surface area contributed by atoms with Crippen LogP contribution in [0.25, 0.3) is 77.3 Å². The second-order valence-electron chi connectivity index (χ2n) is 18.4. The number of aryl methyl sites for hydroxylation is 1. The van der Waals surface area contributed by atoms with Crippen molar-refractivity contribution in [2.24, 2.45) is 0 Å². The summed E-state index contributed by atoms with van der Waals surface area (Å²) in [5, 5.41) is 4.71. The standard InChI is InChI=1S/C58H46O2/c1-57(2)49-20-8-5-13-41(49)42-29-25-36(33-51(42)57)31-37(39-16-11-18-47-45-14-6-9-21-53(45)59-55(39)47)26-23-35-24-28-43-44-30-27-38(34-52(44)58(3,4)50(43)32-35)40-17-12-19-48-46-15-7-10-22-54(46)60-56(40)48/h5-22,24-25,27-30,32-34,37H,23,26,31H2,1-4H3. The molecular formula is C58H46O2. The van der Waals surface area contributed by atoms with Crippen molar-refractivity contribution in [1.82, 2.24) is 0 Å². The molecule has 8 aromatic carbocycles. The van der Waals surface area contributed by atoms with Crippen LogP contribution in [0.1, 0.15) is 79.0 Å². The highest BCUT2D eigenvalue weighted by Gasteiger charge is 2.37. The van der Waals surface area contributed by atoms with E-state index in [1.165, 1.54) is 77.5 Å². The molecule has 10 aromatic rings. The van der Waals surface area contributed by atoms with Crippen LogP contribution < -0.4 is 0 Å². The molecule has 0 spiro atoms. The van der Waals surface area contributed by atoms with Gasteiger partial charge in [0.05, 0.1) is 0 Å². The van der Waals surface area contributed by atoms with Gasteiger partial charge >= 0.3 is 0 Å². The fraction of sp³-hybridized carbons (Fsp3) is 0.172. The first-order valence-electron chi connectivity index (χ1n) is 21.6. The Bertz CT molecular complexity index is 3370. The zero-order valence-corrected chi connectivity index (χ0v) is 34.6. The summed E-state index contributed by atoms with van der Waals surface area (Å²) in [5.74, 6) is 0.265. The van der Waals surface area contributed by atoms with Crippen LogP contribution in [-0.4, -0.2) is 0 Å². The topological polar surface area (TPSA) is 26.3 Å². The normalized spacial score (nSPS) is 15.1. The minimum Gasteiger partial charge on any atom is -0.456 e. The molecule has 0 saturated carbocycles. The lowest BCUT2D eigenvalue weighted by atomic mass is 9.80. The Labute approximate surface area is 351 Å². The first-order valence-corrected chi connectivity index (χ1v) is 21.6. The number of rotatable bonds is 7. The van der Waals surface area contributed by atoms with E-state index >= 15 is 0 Å². The third kappa shape index (κ3) is 5.19. The number of hydrogen-bond acceptors (Lipinski definition) is 2. The van der Waals surface area contributed by atoms with Crippen molar-refractivity contribution < 1.29 is 8.83 Å². The van der Waals surface area contributed by atoms with E-state index in [1.54, 1.807) is 0 Å². The van der Waals surface area contributed by atoms with Gasteiger partial charge in [-0.1, -0.05) is 173 Å². The molecule has 2 aliphatic rings. The van der Waals surface area contributed by atoms with Gasteiger partial charge < -0.3 is 8.83 Å². The van der Waals surface area contributed by atoms with Crippen LogP contribution in [0.15, 0.2) is 173 Å². The van der Waals surface area contributed by atoms with Gasteiger partial charge in [0, 0.05) is 37.9 Å². The summed E-state index contributed by atoms with van der Waals surface area (Å²) in [6, 6.07) is 60.6. The Morgan fingerprint density at radius 2 is 0.933 bits per heavy atom. The van der Waals surface area contributed by atoms with E-state index in [-0.39, 0.29) is 16.7 Å². The number of furan rings is 2. The number of benzene rings is 8. The van der Waals surface area contributed by atoms with Gasteiger partial charge in [-0.3, -0.25) is 0 Å². The Kier molecular flexibility index (Phi) is 7.61. The maximum atomic E-state index is 6.70. The maximum absolute atomic E-state index is 6.70. The van der Waals surface area contributed by atoms with Crippen molar-refractivity contribution in [2.45, 2.75) is 63.7 Å². The molecule has 2 nitrogen and oxygen atoms in total. The molecule has 1 atom stereocenters. The molecule has 1 unspecified atom stereocenters. The molecule has 0 radical (unpaired) electrons. The Morgan fingerprint density at radius 1 is 0.417 bits per heavy atom. The second kappa shape index (κ2) is 12.9. The molecule has 2 aromatic heterocycles. The predicted molar refractivity (Wildman–Crippen MR) is 249 cm³/mol. The van der Waals surface area contributed by atoms with E-state index < -0.39 is 0 Å². The molecule has 0 aliphatic heterocycles. The summed E-state index contributed by atoms with van der Waals surface area (Å²) in [6.07, 6.45) is 2.93. The SMILES string of the molecule is CC1(C)c2ccccc2-c2ccc(CC(CCc3ccc4c(c3)C(C)(C)c3cc(-c5cccc6c5oc5ccccc56)ccc3-4)c3cccc4c3oc3ccccc34)cc21. The van der Waals surface area contributed by atoms with Crippen molar-refractivity contribution in [3.63, 3.8) is 0 Å². The first-order chi connectivity index (χ1) is 29.2. The van der Waals surface area contributed by atoms with Gasteiger partial charge in [-0.25, -0.2) is 0 Å². The summed E-state index contributed by atoms with van der Waals surface area (Å²) in [7, 11) is 0. The Balaban J connectivity index is 0.891. The summed E-state index contributed by atoms with van der Waals surface area (Å²) in [6.45, 7) is 9.55. The van der Waals surface area contributed by atoms with Crippen molar-refractivity contribution in [3.8, 4) is 33.4 Å². The Hall–Kier alpha value is -6.64. The van der Waals surface area contributed by atoms with Crippen LogP contribution in [0.5, 0.6) is 0 Å². The van der Waals surface area contributed by atoms with Gasteiger partial charge in [0.2, 0.25) is 0 Å². The zero-order valence-electron chi connectivity index (χ0n) is 34.6. The van der Waals surface area contributed by atoms with E-state index in [9.17, 15) is 0 Å². The van der Waals surface area contributed by atoms with Crippen LogP contribution in [0.3, 0.4) is 0 Å². The zero-order chi connectivity index (χ0) is 40.3. The molecule has 2 heterocycles. The minimum atomic E-state index is -0.146. The van der Waals surface area contributed by atoms with Gasteiger partial charge in [0.25, 0.3) is 0 Å². The largest absolute Gasteiger partial charge is 0.456 e. The minimum absolute atomic E-state index is 0.0352. The van der Waals surface area contributed by atoms with Gasteiger partial charge in [-0.15, -0.1) is 0 Å². The van der Waals surface area contributed by atoms with E-state index in [4.69, 9.17) is 8.83 Å². The van der Waals surface area contributed by atoms with Crippen LogP contribution >= 0.6 is 0 Å². The van der Waals surface area contributed by atoms with Crippen molar-refractivity contribution >= 4 is 43.9 Å². The lowest BCUT2D eigenvalue weighted by Crippen LogP contribution is -2.16. The van der Waals surface area contributed by atoms with Crippen LogP contribution in [0, 0.1) is 0 Å². The molecule has 12 rings (SSSR count).